The molecule has 5 N–H and O–H groups in total. The van der Waals surface area contributed by atoms with Crippen molar-refractivity contribution in [3.63, 3.8) is 0 Å². The van der Waals surface area contributed by atoms with Crippen molar-refractivity contribution in [2.75, 3.05) is 78.5 Å². The van der Waals surface area contributed by atoms with E-state index in [1.165, 1.54) is 58.3 Å². The van der Waals surface area contributed by atoms with Crippen molar-refractivity contribution in [1.29, 1.82) is 0 Å². The molecule has 6 heterocycles. The Hall–Kier alpha value is -0.440. The highest BCUT2D eigenvalue weighted by Gasteiger charge is 2.27. The highest BCUT2D eigenvalue weighted by Crippen LogP contribution is 2.18. The van der Waals surface area contributed by atoms with Crippen LogP contribution in [0.4, 0.5) is 0 Å². The van der Waals surface area contributed by atoms with Gasteiger partial charge in [0.15, 0.2) is 0 Å². The lowest BCUT2D eigenvalue weighted by Gasteiger charge is -2.38. The summed E-state index contributed by atoms with van der Waals surface area (Å²) in [5.74, 6) is 0.654. The number of β-amino-alcohol motifs (C(OH)–C–C–N with tert-alkyl or cyclic N) is 5. The molecule has 5 atom stereocenters. The topological polar surface area (TPSA) is 121 Å². The van der Waals surface area contributed by atoms with Crippen LogP contribution in [0.25, 0.3) is 0 Å². The largest absolute Gasteiger partial charge is 0.392 e. The van der Waals surface area contributed by atoms with Gasteiger partial charge in [0.05, 0.1) is 30.5 Å². The summed E-state index contributed by atoms with van der Waals surface area (Å²) in [5.41, 5.74) is 0. The van der Waals surface area contributed by atoms with E-state index < -0.39 is 0 Å². The SMILES string of the molecule is CC(C)N1CC(O)C1.CC(C)N1CCCC1.CC(C)N1CCCCC1.CC(C)N1CC[C@H](O)C1.CC(C)N1C[C@@H](C)C[C@@H](O)C1.CC(C)N1C[C@H](O)C[C@@H](O)C1. The van der Waals surface area contributed by atoms with Crippen molar-refractivity contribution in [2.24, 2.45) is 5.92 Å². The average Bonchev–Trinajstić information content (AvgIpc) is 3.81. The molecule has 11 heteroatoms. The number of aliphatic hydroxyl groups is 5. The third kappa shape index (κ3) is 23.4. The fourth-order valence-corrected chi connectivity index (χ4v) is 8.12. The Bertz CT molecular complexity index is 881. The van der Waals surface area contributed by atoms with Crippen LogP contribution in [0, 0.1) is 5.92 Å². The second kappa shape index (κ2) is 28.9. The smallest absolute Gasteiger partial charge is 0.0794 e. The van der Waals surface area contributed by atoms with Crippen molar-refractivity contribution in [1.82, 2.24) is 29.4 Å². The summed E-state index contributed by atoms with van der Waals surface area (Å²) in [6.45, 7) is 40.9. The van der Waals surface area contributed by atoms with Crippen molar-refractivity contribution in [2.45, 2.75) is 208 Å². The minimum Gasteiger partial charge on any atom is -0.392 e. The monoisotopic (exact) mass is 801 g/mol. The molecule has 0 aromatic carbocycles. The maximum Gasteiger partial charge on any atom is 0.0794 e. The molecule has 0 radical (unpaired) electrons. The predicted molar refractivity (Wildman–Crippen MR) is 236 cm³/mol. The van der Waals surface area contributed by atoms with Gasteiger partial charge in [0.25, 0.3) is 0 Å². The molecule has 0 aromatic rings. The van der Waals surface area contributed by atoms with Gasteiger partial charge in [-0.05, 0) is 154 Å². The molecule has 0 saturated carbocycles. The van der Waals surface area contributed by atoms with E-state index in [4.69, 9.17) is 10.2 Å². The third-order valence-corrected chi connectivity index (χ3v) is 12.1. The summed E-state index contributed by atoms with van der Waals surface area (Å²) < 4.78 is 0. The molecular weight excluding hydrogens is 705 g/mol. The van der Waals surface area contributed by atoms with Gasteiger partial charge in [-0.3, -0.25) is 19.6 Å². The molecule has 6 saturated heterocycles. The van der Waals surface area contributed by atoms with Crippen LogP contribution in [-0.4, -0.2) is 200 Å². The first-order valence-electron chi connectivity index (χ1n) is 23.0. The molecule has 0 unspecified atom stereocenters. The number of piperidine rings is 3. The quantitative estimate of drug-likeness (QED) is 0.255. The maximum absolute atomic E-state index is 9.46. The number of hydrogen-bond donors (Lipinski definition) is 5. The Balaban J connectivity index is 0.000000337. The maximum atomic E-state index is 9.46. The molecule has 0 aliphatic carbocycles. The van der Waals surface area contributed by atoms with E-state index in [-0.39, 0.29) is 30.5 Å². The first-order chi connectivity index (χ1) is 26.2. The van der Waals surface area contributed by atoms with Gasteiger partial charge in [-0.25, -0.2) is 0 Å². The fraction of sp³-hybridized carbons (Fsp3) is 1.00. The first kappa shape index (κ1) is 53.6. The van der Waals surface area contributed by atoms with E-state index in [2.05, 4.69) is 119 Å². The molecule has 0 spiro atoms. The van der Waals surface area contributed by atoms with Gasteiger partial charge in [0.2, 0.25) is 0 Å². The van der Waals surface area contributed by atoms with Gasteiger partial charge in [0, 0.05) is 95.0 Å². The molecule has 11 nitrogen and oxygen atoms in total. The molecule has 0 aromatic heterocycles. The number of nitrogens with zero attached hydrogens (tertiary/aromatic N) is 6. The fourth-order valence-electron chi connectivity index (χ4n) is 8.12. The van der Waals surface area contributed by atoms with Crippen LogP contribution in [0.2, 0.25) is 0 Å². The van der Waals surface area contributed by atoms with E-state index >= 15 is 0 Å². The molecule has 56 heavy (non-hydrogen) atoms. The summed E-state index contributed by atoms with van der Waals surface area (Å²) >= 11 is 0. The molecule has 6 fully saturated rings. The Morgan fingerprint density at radius 3 is 0.875 bits per heavy atom. The van der Waals surface area contributed by atoms with Crippen LogP contribution >= 0.6 is 0 Å². The van der Waals surface area contributed by atoms with Crippen molar-refractivity contribution in [3.05, 3.63) is 0 Å². The highest BCUT2D eigenvalue weighted by molar-refractivity contribution is 4.82. The number of hydrogen-bond acceptors (Lipinski definition) is 11. The summed E-state index contributed by atoms with van der Waals surface area (Å²) in [7, 11) is 0. The molecule has 336 valence electrons. The zero-order chi connectivity index (χ0) is 42.5. The minimum absolute atomic E-state index is 0.0441. The van der Waals surface area contributed by atoms with E-state index in [0.717, 1.165) is 64.2 Å². The van der Waals surface area contributed by atoms with Gasteiger partial charge in [0.1, 0.15) is 0 Å². The zero-order valence-electron chi connectivity index (χ0n) is 39.0. The molecule has 0 bridgehead atoms. The van der Waals surface area contributed by atoms with E-state index in [1.807, 2.05) is 0 Å². The lowest BCUT2D eigenvalue weighted by Crippen LogP contribution is -2.53. The molecule has 0 amide bonds. The summed E-state index contributed by atoms with van der Waals surface area (Å²) in [6, 6.07) is 3.75. The first-order valence-corrected chi connectivity index (χ1v) is 23.0. The van der Waals surface area contributed by atoms with Crippen LogP contribution in [0.1, 0.15) is 141 Å². The van der Waals surface area contributed by atoms with Crippen molar-refractivity contribution in [3.8, 4) is 0 Å². The second-order valence-electron chi connectivity index (χ2n) is 19.4. The van der Waals surface area contributed by atoms with Crippen molar-refractivity contribution >= 4 is 0 Å². The lowest BCUT2D eigenvalue weighted by atomic mass is 9.97. The standard InChI is InChI=1S/C9H19NO.C8H17NO2.C8H17N.C7H15NO.C7H15N.C6H13NO/c1-7(2)10-5-8(3)4-9(11)6-10;1-6(2)9-4-7(10)3-8(11)5-9;1-8(2)9-6-4-3-5-7-9;1-6(2)8-4-3-7(9)5-8;1-7(2)8-5-3-4-6-8;1-5(2)7-3-6(8)4-7/h7-9,11H,4-6H2,1-3H3;6-8,10-11H,3-5H2,1-2H3;8H,3-7H2,1-2H3;6-7,9H,3-5H2,1-2H3;7H,3-6H2,1-2H3;5-6,8H,3-4H2,1-2H3/t8-,9+;7-,8-;;7-;;/m01.0../s1. The Labute approximate surface area is 346 Å². The van der Waals surface area contributed by atoms with Crippen LogP contribution < -0.4 is 0 Å². The summed E-state index contributed by atoms with van der Waals surface area (Å²) in [4.78, 5) is 14.1. The Kier molecular flexibility index (Phi) is 27.7. The van der Waals surface area contributed by atoms with Crippen molar-refractivity contribution < 1.29 is 25.5 Å². The Morgan fingerprint density at radius 1 is 0.321 bits per heavy atom. The zero-order valence-corrected chi connectivity index (χ0v) is 39.0. The predicted octanol–water partition coefficient (Wildman–Crippen LogP) is 4.82. The van der Waals surface area contributed by atoms with E-state index in [9.17, 15) is 15.3 Å². The number of rotatable bonds is 6. The molecular formula is C45H96N6O5. The van der Waals surface area contributed by atoms with E-state index in [1.54, 1.807) is 0 Å². The Morgan fingerprint density at radius 2 is 0.625 bits per heavy atom. The van der Waals surface area contributed by atoms with Gasteiger partial charge < -0.3 is 35.3 Å². The van der Waals surface area contributed by atoms with Crippen LogP contribution in [0.3, 0.4) is 0 Å². The van der Waals surface area contributed by atoms with E-state index in [0.29, 0.717) is 49.6 Å². The molecule has 6 rings (SSSR count). The number of likely N-dealkylation sites (tertiary alicyclic amines) is 6. The van der Waals surface area contributed by atoms with Gasteiger partial charge in [-0.1, -0.05) is 13.3 Å². The average molecular weight is 801 g/mol. The third-order valence-electron chi connectivity index (χ3n) is 12.1. The molecule has 6 aliphatic heterocycles. The van der Waals surface area contributed by atoms with Gasteiger partial charge in [-0.15, -0.1) is 0 Å². The highest BCUT2D eigenvalue weighted by atomic mass is 16.3. The summed E-state index contributed by atoms with van der Waals surface area (Å²) in [5, 5.41) is 46.0. The van der Waals surface area contributed by atoms with Gasteiger partial charge in [-0.2, -0.15) is 0 Å². The van der Waals surface area contributed by atoms with Crippen LogP contribution in [-0.2, 0) is 0 Å². The molecule has 6 aliphatic rings. The normalized spacial score (nSPS) is 28.8. The number of aliphatic hydroxyl groups excluding tert-OH is 5. The minimum atomic E-state index is -0.346. The van der Waals surface area contributed by atoms with Crippen LogP contribution in [0.15, 0.2) is 0 Å². The summed E-state index contributed by atoms with van der Waals surface area (Å²) in [6.07, 6.45) is 8.67. The lowest BCUT2D eigenvalue weighted by molar-refractivity contribution is -0.0192. The van der Waals surface area contributed by atoms with Gasteiger partial charge >= 0.3 is 0 Å². The second-order valence-corrected chi connectivity index (χ2v) is 19.4. The van der Waals surface area contributed by atoms with Crippen LogP contribution in [0.5, 0.6) is 0 Å².